The Morgan fingerprint density at radius 1 is 1.54 bits per heavy atom. The molecule has 1 aliphatic rings. The molecule has 2 rings (SSSR count). The lowest BCUT2D eigenvalue weighted by Gasteiger charge is -2.11. The molecule has 0 spiro atoms. The Hall–Kier alpha value is -1.07. The van der Waals surface area contributed by atoms with Gasteiger partial charge in [-0.1, -0.05) is 0 Å². The number of aromatic carboxylic acids is 1. The average Bonchev–Trinajstić information content (AvgIpc) is 2.47. The number of aromatic nitrogens is 2. The molecule has 1 aromatic rings. The largest absolute Gasteiger partial charge is 0.476 e. The van der Waals surface area contributed by atoms with Crippen molar-refractivity contribution in [3.63, 3.8) is 0 Å². The normalized spacial score (nSPS) is 14.5. The molecule has 0 amide bonds. The molecule has 1 aromatic heterocycles. The fraction of sp³-hybridized carbons (Fsp3) is 0.429. The Morgan fingerprint density at radius 2 is 2.31 bits per heavy atom. The lowest BCUT2D eigenvalue weighted by Crippen LogP contribution is -2.24. The molecule has 3 N–H and O–H groups in total. The third-order valence-corrected chi connectivity index (χ3v) is 2.01. The molecule has 0 radical (unpaired) electrons. The van der Waals surface area contributed by atoms with Crippen molar-refractivity contribution < 1.29 is 9.90 Å². The first-order chi connectivity index (χ1) is 5.79. The predicted molar refractivity (Wildman–Crippen MR) is 48.2 cm³/mol. The fourth-order valence-corrected chi connectivity index (χ4v) is 1.40. The van der Waals surface area contributed by atoms with Gasteiger partial charge in [0.05, 0.1) is 0 Å². The summed E-state index contributed by atoms with van der Waals surface area (Å²) in [5.41, 5.74) is 1.90. The van der Waals surface area contributed by atoms with E-state index in [9.17, 15) is 4.79 Å². The second-order valence-corrected chi connectivity index (χ2v) is 2.76. The van der Waals surface area contributed by atoms with Gasteiger partial charge in [-0.2, -0.15) is 5.10 Å². The molecule has 72 valence electrons. The number of rotatable bonds is 1. The highest BCUT2D eigenvalue weighted by Gasteiger charge is 2.20. The minimum Gasteiger partial charge on any atom is -0.476 e. The van der Waals surface area contributed by atoms with E-state index in [4.69, 9.17) is 5.11 Å². The van der Waals surface area contributed by atoms with Gasteiger partial charge in [0, 0.05) is 30.8 Å². The fourth-order valence-electron chi connectivity index (χ4n) is 1.40. The molecule has 0 atom stereocenters. The van der Waals surface area contributed by atoms with Crippen molar-refractivity contribution in [2.75, 3.05) is 6.54 Å². The van der Waals surface area contributed by atoms with Crippen molar-refractivity contribution >= 4 is 18.4 Å². The molecule has 13 heavy (non-hydrogen) atoms. The molecule has 0 aliphatic carbocycles. The maximum absolute atomic E-state index is 10.6. The van der Waals surface area contributed by atoms with Gasteiger partial charge in [-0.15, -0.1) is 12.4 Å². The maximum Gasteiger partial charge on any atom is 0.356 e. The Kier molecular flexibility index (Phi) is 2.90. The van der Waals surface area contributed by atoms with Crippen molar-refractivity contribution in [3.8, 4) is 0 Å². The zero-order valence-corrected chi connectivity index (χ0v) is 7.65. The van der Waals surface area contributed by atoms with Crippen LogP contribution < -0.4 is 5.32 Å². The summed E-state index contributed by atoms with van der Waals surface area (Å²) in [4.78, 5) is 10.6. The second kappa shape index (κ2) is 3.76. The van der Waals surface area contributed by atoms with Gasteiger partial charge in [0.2, 0.25) is 0 Å². The minimum atomic E-state index is -0.962. The van der Waals surface area contributed by atoms with Gasteiger partial charge in [-0.3, -0.25) is 5.10 Å². The number of hydrogen-bond donors (Lipinski definition) is 3. The first-order valence-electron chi connectivity index (χ1n) is 3.79. The van der Waals surface area contributed by atoms with Gasteiger partial charge in [-0.25, -0.2) is 4.79 Å². The molecule has 2 heterocycles. The van der Waals surface area contributed by atoms with Crippen molar-refractivity contribution in [1.82, 2.24) is 15.5 Å². The van der Waals surface area contributed by atoms with Crippen LogP contribution in [0, 0.1) is 0 Å². The van der Waals surface area contributed by atoms with Crippen molar-refractivity contribution in [2.45, 2.75) is 13.0 Å². The Balaban J connectivity index is 0.000000845. The van der Waals surface area contributed by atoms with Crippen LogP contribution in [-0.4, -0.2) is 27.8 Å². The summed E-state index contributed by atoms with van der Waals surface area (Å²) in [7, 11) is 0. The van der Waals surface area contributed by atoms with E-state index < -0.39 is 5.97 Å². The smallest absolute Gasteiger partial charge is 0.356 e. The van der Waals surface area contributed by atoms with Crippen LogP contribution in [0.15, 0.2) is 0 Å². The minimum absolute atomic E-state index is 0. The zero-order valence-electron chi connectivity index (χ0n) is 6.83. The summed E-state index contributed by atoms with van der Waals surface area (Å²) in [5.74, 6) is -0.962. The van der Waals surface area contributed by atoms with Crippen LogP contribution in [0.25, 0.3) is 0 Å². The van der Waals surface area contributed by atoms with Crippen LogP contribution in [0.2, 0.25) is 0 Å². The summed E-state index contributed by atoms with van der Waals surface area (Å²) in [6.45, 7) is 1.49. The Labute approximate surface area is 80.9 Å². The van der Waals surface area contributed by atoms with Crippen LogP contribution in [0.4, 0.5) is 0 Å². The van der Waals surface area contributed by atoms with Gasteiger partial charge in [0.25, 0.3) is 0 Å². The van der Waals surface area contributed by atoms with E-state index >= 15 is 0 Å². The van der Waals surface area contributed by atoms with Crippen LogP contribution in [-0.2, 0) is 13.0 Å². The van der Waals surface area contributed by atoms with E-state index in [0.29, 0.717) is 6.54 Å². The van der Waals surface area contributed by atoms with Crippen molar-refractivity contribution in [2.24, 2.45) is 0 Å². The van der Waals surface area contributed by atoms with Crippen LogP contribution in [0.5, 0.6) is 0 Å². The third kappa shape index (κ3) is 1.66. The summed E-state index contributed by atoms with van der Waals surface area (Å²) in [5, 5.41) is 18.3. The number of aromatic amines is 1. The number of fused-ring (bicyclic) bond motifs is 1. The highest BCUT2D eigenvalue weighted by Crippen LogP contribution is 2.14. The Bertz CT molecular complexity index is 324. The van der Waals surface area contributed by atoms with E-state index in [1.807, 2.05) is 0 Å². The summed E-state index contributed by atoms with van der Waals surface area (Å²) in [6, 6.07) is 0. The number of H-pyrrole nitrogens is 1. The molecule has 6 heteroatoms. The molecule has 0 fully saturated rings. The Morgan fingerprint density at radius 3 is 3.00 bits per heavy atom. The summed E-state index contributed by atoms with van der Waals surface area (Å²) < 4.78 is 0. The third-order valence-electron chi connectivity index (χ3n) is 2.01. The quantitative estimate of drug-likeness (QED) is 0.608. The SMILES string of the molecule is Cl.O=C(O)c1n[nH]c2c1CNCC2. The molecular weight excluding hydrogens is 194 g/mol. The molecule has 5 nitrogen and oxygen atoms in total. The first kappa shape index (κ1) is 10.0. The molecule has 0 saturated carbocycles. The number of nitrogens with zero attached hydrogens (tertiary/aromatic N) is 1. The maximum atomic E-state index is 10.6. The molecular formula is C7H10ClN3O2. The van der Waals surface area contributed by atoms with Gasteiger partial charge < -0.3 is 10.4 Å². The topological polar surface area (TPSA) is 78.0 Å². The van der Waals surface area contributed by atoms with Crippen molar-refractivity contribution in [1.29, 1.82) is 0 Å². The van der Waals surface area contributed by atoms with Crippen molar-refractivity contribution in [3.05, 3.63) is 17.0 Å². The van der Waals surface area contributed by atoms with Crippen LogP contribution in [0.3, 0.4) is 0 Å². The number of carboxylic acid groups (broad SMARTS) is 1. The molecule has 0 aromatic carbocycles. The van der Waals surface area contributed by atoms with Gasteiger partial charge in [0.1, 0.15) is 0 Å². The number of hydrogen-bond acceptors (Lipinski definition) is 3. The number of nitrogens with one attached hydrogen (secondary N) is 2. The highest BCUT2D eigenvalue weighted by molar-refractivity contribution is 5.87. The zero-order chi connectivity index (χ0) is 8.55. The highest BCUT2D eigenvalue weighted by atomic mass is 35.5. The molecule has 1 aliphatic heterocycles. The molecule has 0 saturated heterocycles. The molecule has 0 bridgehead atoms. The van der Waals surface area contributed by atoms with E-state index in [0.717, 1.165) is 24.2 Å². The molecule has 0 unspecified atom stereocenters. The summed E-state index contributed by atoms with van der Waals surface area (Å²) in [6.07, 6.45) is 0.829. The van der Waals surface area contributed by atoms with Gasteiger partial charge in [-0.05, 0) is 0 Å². The number of halogens is 1. The standard InChI is InChI=1S/C7H9N3O2.ClH/c11-7(12)6-4-3-8-2-1-5(4)9-10-6;/h8H,1-3H2,(H,9,10)(H,11,12);1H. The lowest BCUT2D eigenvalue weighted by molar-refractivity contribution is 0.0689. The van der Waals surface area contributed by atoms with E-state index in [2.05, 4.69) is 15.5 Å². The van der Waals surface area contributed by atoms with Crippen LogP contribution in [0.1, 0.15) is 21.7 Å². The van der Waals surface area contributed by atoms with E-state index in [-0.39, 0.29) is 18.1 Å². The lowest BCUT2D eigenvalue weighted by atomic mass is 10.1. The predicted octanol–water partition coefficient (Wildman–Crippen LogP) is 0.175. The number of carbonyl (C=O) groups is 1. The average molecular weight is 204 g/mol. The first-order valence-corrected chi connectivity index (χ1v) is 3.79. The number of carboxylic acids is 1. The van der Waals surface area contributed by atoms with Gasteiger partial charge >= 0.3 is 5.97 Å². The van der Waals surface area contributed by atoms with E-state index in [1.54, 1.807) is 0 Å². The summed E-state index contributed by atoms with van der Waals surface area (Å²) >= 11 is 0. The van der Waals surface area contributed by atoms with Gasteiger partial charge in [0.15, 0.2) is 5.69 Å². The second-order valence-electron chi connectivity index (χ2n) is 2.76. The monoisotopic (exact) mass is 203 g/mol. The van der Waals surface area contributed by atoms with E-state index in [1.165, 1.54) is 0 Å². The van der Waals surface area contributed by atoms with Crippen LogP contribution >= 0.6 is 12.4 Å².